The van der Waals surface area contributed by atoms with Gasteiger partial charge in [0.15, 0.2) is 0 Å². The third-order valence-corrected chi connectivity index (χ3v) is 8.00. The average Bonchev–Trinajstić information content (AvgIpc) is 2.89. The summed E-state index contributed by atoms with van der Waals surface area (Å²) >= 11 is 0. The number of anilines is 1. The lowest BCUT2D eigenvalue weighted by Crippen LogP contribution is -2.50. The van der Waals surface area contributed by atoms with Gasteiger partial charge in [-0.15, -0.1) is 0 Å². The average molecular weight is 522 g/mol. The Morgan fingerprint density at radius 1 is 0.892 bits per heavy atom. The Morgan fingerprint density at radius 3 is 2.08 bits per heavy atom. The molecule has 1 heterocycles. The Bertz CT molecular complexity index is 1440. The molecule has 0 radical (unpaired) electrons. The van der Waals surface area contributed by atoms with Crippen molar-refractivity contribution in [1.82, 2.24) is 0 Å². The van der Waals surface area contributed by atoms with Crippen molar-refractivity contribution in [2.24, 2.45) is 0 Å². The number of benzene rings is 4. The molecule has 1 aliphatic rings. The van der Waals surface area contributed by atoms with Gasteiger partial charge < -0.3 is 15.3 Å². The maximum absolute atomic E-state index is 12.4. The molecule has 0 bridgehead atoms. The van der Waals surface area contributed by atoms with Crippen molar-refractivity contribution < 1.29 is 28.1 Å². The number of sulfonamides is 1. The third kappa shape index (κ3) is 5.93. The molecule has 0 amide bonds. The molecule has 37 heavy (non-hydrogen) atoms. The highest BCUT2D eigenvalue weighted by molar-refractivity contribution is 7.94. The fraction of sp³-hybridized carbons (Fsp3) is 0.172. The molecule has 5 rings (SSSR count). The molecule has 0 spiro atoms. The molecule has 6 nitrogen and oxygen atoms in total. The van der Waals surface area contributed by atoms with Crippen LogP contribution in [0.4, 0.5) is 10.1 Å². The summed E-state index contributed by atoms with van der Waals surface area (Å²) < 4.78 is 38.3. The summed E-state index contributed by atoms with van der Waals surface area (Å²) in [4.78, 5) is 0. The molecule has 0 aromatic heterocycles. The SMILES string of the molecule is CCC(O)c1ccc(F)cc1.O=S1(=O)CC(c2ccc(O)cc2O)N1c1ccc(-c2ccccc2)cc1. The fourth-order valence-corrected chi connectivity index (χ4v) is 5.83. The number of phenolic OH excluding ortho intramolecular Hbond substituents is 2. The van der Waals surface area contributed by atoms with Crippen molar-refractivity contribution in [3.05, 3.63) is 114 Å². The molecule has 4 aromatic rings. The summed E-state index contributed by atoms with van der Waals surface area (Å²) in [5.41, 5.74) is 3.85. The van der Waals surface area contributed by atoms with E-state index >= 15 is 0 Å². The van der Waals surface area contributed by atoms with Gasteiger partial charge in [-0.1, -0.05) is 61.5 Å². The van der Waals surface area contributed by atoms with Crippen molar-refractivity contribution in [3.8, 4) is 22.6 Å². The van der Waals surface area contributed by atoms with E-state index in [-0.39, 0.29) is 23.1 Å². The monoisotopic (exact) mass is 521 g/mol. The van der Waals surface area contributed by atoms with Gasteiger partial charge in [0.25, 0.3) is 0 Å². The molecule has 3 N–H and O–H groups in total. The Balaban J connectivity index is 0.000000245. The van der Waals surface area contributed by atoms with Crippen LogP contribution >= 0.6 is 0 Å². The van der Waals surface area contributed by atoms with Gasteiger partial charge in [-0.2, -0.15) is 0 Å². The standard InChI is InChI=1S/C20H17NO4S.C9H11FO/c22-17-10-11-18(20(23)12-17)19-13-26(24,25)21(19)16-8-6-15(7-9-16)14-4-2-1-3-5-14;1-2-9(11)7-3-5-8(10)6-4-7/h1-12,19,22-23H,13H2;3-6,9,11H,2H2,1H3. The van der Waals surface area contributed by atoms with Gasteiger partial charge in [-0.25, -0.2) is 12.8 Å². The lowest BCUT2D eigenvalue weighted by molar-refractivity contribution is 0.173. The van der Waals surface area contributed by atoms with Crippen LogP contribution in [0, 0.1) is 5.82 Å². The van der Waals surface area contributed by atoms with E-state index in [1.54, 1.807) is 30.3 Å². The van der Waals surface area contributed by atoms with E-state index in [0.29, 0.717) is 17.7 Å². The first-order valence-electron chi connectivity index (χ1n) is 11.8. The Hall–Kier alpha value is -3.88. The van der Waals surface area contributed by atoms with Crippen LogP contribution in [0.5, 0.6) is 11.5 Å². The minimum Gasteiger partial charge on any atom is -0.508 e. The molecule has 192 valence electrons. The van der Waals surface area contributed by atoms with Crippen LogP contribution in [0.15, 0.2) is 97.1 Å². The zero-order valence-corrected chi connectivity index (χ0v) is 21.0. The minimum atomic E-state index is -3.42. The van der Waals surface area contributed by atoms with Crippen molar-refractivity contribution in [3.63, 3.8) is 0 Å². The largest absolute Gasteiger partial charge is 0.508 e. The normalized spacial score (nSPS) is 16.7. The predicted octanol–water partition coefficient (Wildman–Crippen LogP) is 5.93. The van der Waals surface area contributed by atoms with E-state index in [1.807, 2.05) is 49.4 Å². The molecule has 2 atom stereocenters. The number of aliphatic hydroxyl groups excluding tert-OH is 1. The van der Waals surface area contributed by atoms with Crippen LogP contribution in [0.25, 0.3) is 11.1 Å². The number of hydrogen-bond donors (Lipinski definition) is 3. The van der Waals surface area contributed by atoms with Crippen LogP contribution in [0.1, 0.15) is 36.6 Å². The molecule has 1 aliphatic heterocycles. The Kier molecular flexibility index (Phi) is 7.80. The molecule has 8 heteroatoms. The molecule has 4 aromatic carbocycles. The molecule has 0 aliphatic carbocycles. The Morgan fingerprint density at radius 2 is 1.51 bits per heavy atom. The maximum atomic E-state index is 12.4. The summed E-state index contributed by atoms with van der Waals surface area (Å²) in [5, 5.41) is 28.8. The maximum Gasteiger partial charge on any atom is 0.238 e. The van der Waals surface area contributed by atoms with Gasteiger partial charge in [0, 0.05) is 11.6 Å². The highest BCUT2D eigenvalue weighted by atomic mass is 32.2. The van der Waals surface area contributed by atoms with Crippen LogP contribution in [0.3, 0.4) is 0 Å². The van der Waals surface area contributed by atoms with Crippen LogP contribution < -0.4 is 4.31 Å². The molecular weight excluding hydrogens is 493 g/mol. The first-order chi connectivity index (χ1) is 17.7. The molecule has 1 saturated heterocycles. The quantitative estimate of drug-likeness (QED) is 0.303. The van der Waals surface area contributed by atoms with Gasteiger partial charge in [-0.3, -0.25) is 4.31 Å². The number of rotatable bonds is 5. The fourth-order valence-electron chi connectivity index (χ4n) is 4.18. The van der Waals surface area contributed by atoms with E-state index in [9.17, 15) is 28.1 Å². The number of hydrogen-bond acceptors (Lipinski definition) is 5. The van der Waals surface area contributed by atoms with E-state index < -0.39 is 22.2 Å². The summed E-state index contributed by atoms with van der Waals surface area (Å²) in [7, 11) is -3.42. The van der Waals surface area contributed by atoms with E-state index in [4.69, 9.17) is 0 Å². The van der Waals surface area contributed by atoms with Gasteiger partial charge in [0.1, 0.15) is 17.3 Å². The predicted molar refractivity (Wildman–Crippen MR) is 142 cm³/mol. The van der Waals surface area contributed by atoms with E-state index in [2.05, 4.69) is 0 Å². The van der Waals surface area contributed by atoms with Crippen LogP contribution in [0.2, 0.25) is 0 Å². The second kappa shape index (κ2) is 11.0. The topological polar surface area (TPSA) is 98.1 Å². The van der Waals surface area contributed by atoms with Gasteiger partial charge in [0.05, 0.1) is 23.6 Å². The van der Waals surface area contributed by atoms with E-state index in [0.717, 1.165) is 16.7 Å². The van der Waals surface area contributed by atoms with Crippen LogP contribution in [-0.2, 0) is 10.0 Å². The number of aromatic hydroxyl groups is 2. The summed E-state index contributed by atoms with van der Waals surface area (Å²) in [6, 6.07) is 26.8. The summed E-state index contributed by atoms with van der Waals surface area (Å²) in [6.45, 7) is 1.88. The van der Waals surface area contributed by atoms with E-state index in [1.165, 1.54) is 28.6 Å². The molecule has 1 fully saturated rings. The molecular formula is C29H28FNO5S. The smallest absolute Gasteiger partial charge is 0.238 e. The van der Waals surface area contributed by atoms with Crippen molar-refractivity contribution in [2.45, 2.75) is 25.5 Å². The zero-order valence-electron chi connectivity index (χ0n) is 20.2. The van der Waals surface area contributed by atoms with Gasteiger partial charge >= 0.3 is 0 Å². The highest BCUT2D eigenvalue weighted by Gasteiger charge is 2.45. The number of aliphatic hydroxyl groups is 1. The summed E-state index contributed by atoms with van der Waals surface area (Å²) in [6.07, 6.45) is 0.196. The molecule has 0 saturated carbocycles. The lowest BCUT2D eigenvalue weighted by atomic mass is 10.0. The first kappa shape index (κ1) is 26.2. The number of phenols is 2. The van der Waals surface area contributed by atoms with Gasteiger partial charge in [-0.05, 0) is 59.5 Å². The van der Waals surface area contributed by atoms with Crippen LogP contribution in [-0.4, -0.2) is 29.5 Å². The first-order valence-corrected chi connectivity index (χ1v) is 13.4. The Labute approximate surface area is 215 Å². The lowest BCUT2D eigenvalue weighted by Gasteiger charge is -2.41. The third-order valence-electron chi connectivity index (χ3n) is 6.19. The van der Waals surface area contributed by atoms with Crippen molar-refractivity contribution in [2.75, 3.05) is 10.1 Å². The molecule has 2 unspecified atom stereocenters. The number of halogens is 1. The highest BCUT2D eigenvalue weighted by Crippen LogP contribution is 2.43. The second-order valence-electron chi connectivity index (χ2n) is 8.72. The zero-order chi connectivity index (χ0) is 26.6. The van der Waals surface area contributed by atoms with Crippen molar-refractivity contribution in [1.29, 1.82) is 0 Å². The van der Waals surface area contributed by atoms with Crippen molar-refractivity contribution >= 4 is 15.7 Å². The number of nitrogens with zero attached hydrogens (tertiary/aromatic N) is 1. The summed E-state index contributed by atoms with van der Waals surface area (Å²) in [5.74, 6) is -0.522. The van der Waals surface area contributed by atoms with Gasteiger partial charge in [0.2, 0.25) is 10.0 Å². The second-order valence-corrected chi connectivity index (χ2v) is 10.6. The minimum absolute atomic E-state index is 0.0628.